The molecule has 0 aromatic heterocycles. The lowest BCUT2D eigenvalue weighted by molar-refractivity contribution is 0.0697. The zero-order chi connectivity index (χ0) is 15.8. The lowest BCUT2D eigenvalue weighted by Crippen LogP contribution is -2.18. The third-order valence-electron chi connectivity index (χ3n) is 3.48. The van der Waals surface area contributed by atoms with Crippen LogP contribution in [-0.4, -0.2) is 25.2 Å². The molecular weight excluding hydrogens is 337 g/mol. The van der Waals surface area contributed by atoms with Crippen LogP contribution in [0.2, 0.25) is 10.0 Å². The van der Waals surface area contributed by atoms with Crippen LogP contribution in [0.25, 0.3) is 0 Å². The first-order valence-corrected chi connectivity index (χ1v) is 8.44. The number of hydrogen-bond acceptors (Lipinski definition) is 4. The maximum Gasteiger partial charge on any atom is 0.337 e. The Morgan fingerprint density at radius 2 is 2.00 bits per heavy atom. The second kappa shape index (κ2) is 5.48. The summed E-state index contributed by atoms with van der Waals surface area (Å²) in [5, 5.41) is 17.4. The number of aromatic carboxylic acids is 1. The zero-order valence-corrected chi connectivity index (χ0v) is 13.1. The number of benzene rings is 1. The molecule has 112 valence electrons. The number of carboxylic acid groups (broad SMARTS) is 1. The van der Waals surface area contributed by atoms with E-state index >= 15 is 0 Å². The Kier molecular flexibility index (Phi) is 4.20. The minimum absolute atomic E-state index is 0.0134. The van der Waals surface area contributed by atoms with Gasteiger partial charge in [-0.1, -0.05) is 23.2 Å². The van der Waals surface area contributed by atoms with E-state index in [1.54, 1.807) is 0 Å². The lowest BCUT2D eigenvalue weighted by Gasteiger charge is -2.14. The second-order valence-electron chi connectivity index (χ2n) is 5.16. The molecule has 1 N–H and O–H groups in total. The highest BCUT2D eigenvalue weighted by atomic mass is 35.5. The van der Waals surface area contributed by atoms with Crippen LogP contribution in [0.4, 0.5) is 0 Å². The van der Waals surface area contributed by atoms with Crippen LogP contribution in [0, 0.1) is 16.7 Å². The fraction of sp³-hybridized carbons (Fsp3) is 0.385. The van der Waals surface area contributed by atoms with Crippen molar-refractivity contribution in [2.24, 2.45) is 5.41 Å². The molecule has 5 nitrogen and oxygen atoms in total. The SMILES string of the molecule is N#CCC1(CS(=O)(=O)c2cc(Cl)cc(C(=O)O)c2Cl)CC1. The molecule has 0 amide bonds. The molecule has 0 spiro atoms. The van der Waals surface area contributed by atoms with Crippen LogP contribution in [0.15, 0.2) is 17.0 Å². The Morgan fingerprint density at radius 3 is 2.48 bits per heavy atom. The summed E-state index contributed by atoms with van der Waals surface area (Å²) in [6, 6.07) is 4.23. The number of rotatable bonds is 5. The van der Waals surface area contributed by atoms with Gasteiger partial charge in [-0.05, 0) is 30.4 Å². The van der Waals surface area contributed by atoms with E-state index in [0.29, 0.717) is 12.8 Å². The number of carbonyl (C=O) groups is 1. The van der Waals surface area contributed by atoms with Gasteiger partial charge in [0, 0.05) is 11.4 Å². The van der Waals surface area contributed by atoms with E-state index in [9.17, 15) is 13.2 Å². The van der Waals surface area contributed by atoms with Gasteiger partial charge in [-0.25, -0.2) is 13.2 Å². The van der Waals surface area contributed by atoms with Gasteiger partial charge in [0.1, 0.15) is 0 Å². The molecule has 2 rings (SSSR count). The number of carboxylic acids is 1. The van der Waals surface area contributed by atoms with Crippen molar-refractivity contribution < 1.29 is 18.3 Å². The van der Waals surface area contributed by atoms with E-state index in [1.165, 1.54) is 0 Å². The summed E-state index contributed by atoms with van der Waals surface area (Å²) in [6.45, 7) is 0. The van der Waals surface area contributed by atoms with Crippen molar-refractivity contribution in [2.45, 2.75) is 24.2 Å². The molecule has 0 aliphatic heterocycles. The Morgan fingerprint density at radius 1 is 1.38 bits per heavy atom. The molecule has 21 heavy (non-hydrogen) atoms. The standard InChI is InChI=1S/C13H11Cl2NO4S/c14-8-5-9(12(17)18)11(15)10(6-8)21(19,20)7-13(1-2-13)3-4-16/h5-6H,1-3,7H2,(H,17,18). The van der Waals surface area contributed by atoms with Gasteiger partial charge < -0.3 is 5.11 Å². The zero-order valence-electron chi connectivity index (χ0n) is 10.8. The minimum atomic E-state index is -3.82. The molecule has 0 saturated heterocycles. The smallest absolute Gasteiger partial charge is 0.337 e. The molecule has 1 saturated carbocycles. The van der Waals surface area contributed by atoms with Crippen LogP contribution in [-0.2, 0) is 9.84 Å². The number of nitrogens with zero attached hydrogens (tertiary/aromatic N) is 1. The van der Waals surface area contributed by atoms with Crippen LogP contribution in [0.1, 0.15) is 29.6 Å². The fourth-order valence-corrected chi connectivity index (χ4v) is 5.01. The van der Waals surface area contributed by atoms with Gasteiger partial charge in [0.15, 0.2) is 9.84 Å². The summed E-state index contributed by atoms with van der Waals surface area (Å²) in [6.07, 6.45) is 1.46. The molecule has 0 heterocycles. The van der Waals surface area contributed by atoms with Crippen molar-refractivity contribution >= 4 is 39.0 Å². The monoisotopic (exact) mass is 347 g/mol. The fourth-order valence-electron chi connectivity index (χ4n) is 2.14. The molecule has 1 aromatic carbocycles. The van der Waals surface area contributed by atoms with E-state index in [4.69, 9.17) is 33.6 Å². The molecule has 0 unspecified atom stereocenters. The Labute approximate surface area is 132 Å². The summed E-state index contributed by atoms with van der Waals surface area (Å²) in [7, 11) is -3.82. The summed E-state index contributed by atoms with van der Waals surface area (Å²) >= 11 is 11.7. The molecule has 0 atom stereocenters. The largest absolute Gasteiger partial charge is 0.478 e. The van der Waals surface area contributed by atoms with E-state index < -0.39 is 21.2 Å². The van der Waals surface area contributed by atoms with E-state index in [0.717, 1.165) is 12.1 Å². The number of hydrogen-bond donors (Lipinski definition) is 1. The van der Waals surface area contributed by atoms with Crippen molar-refractivity contribution in [1.29, 1.82) is 5.26 Å². The third-order valence-corrected chi connectivity index (χ3v) is 6.20. The van der Waals surface area contributed by atoms with Crippen LogP contribution >= 0.6 is 23.2 Å². The topological polar surface area (TPSA) is 95.2 Å². The van der Waals surface area contributed by atoms with E-state index in [-0.39, 0.29) is 32.7 Å². The third kappa shape index (κ3) is 3.31. The van der Waals surface area contributed by atoms with Gasteiger partial charge in [-0.3, -0.25) is 0 Å². The Bertz CT molecular complexity index is 748. The highest BCUT2D eigenvalue weighted by Crippen LogP contribution is 2.50. The first-order chi connectivity index (χ1) is 9.71. The second-order valence-corrected chi connectivity index (χ2v) is 7.94. The molecule has 0 bridgehead atoms. The van der Waals surface area contributed by atoms with E-state index in [1.807, 2.05) is 6.07 Å². The molecule has 1 fully saturated rings. The van der Waals surface area contributed by atoms with Crippen LogP contribution < -0.4 is 0 Å². The predicted octanol–water partition coefficient (Wildman–Crippen LogP) is 3.16. The highest BCUT2D eigenvalue weighted by molar-refractivity contribution is 7.91. The van der Waals surface area contributed by atoms with Gasteiger partial charge in [0.2, 0.25) is 0 Å². The van der Waals surface area contributed by atoms with Crippen LogP contribution in [0.3, 0.4) is 0 Å². The molecular formula is C13H11Cl2NO4S. The molecule has 0 radical (unpaired) electrons. The first-order valence-electron chi connectivity index (χ1n) is 6.03. The molecule has 8 heteroatoms. The average Bonchev–Trinajstić information content (AvgIpc) is 3.10. The Hall–Kier alpha value is -1.29. The molecule has 1 aliphatic carbocycles. The van der Waals surface area contributed by atoms with Crippen molar-refractivity contribution in [3.63, 3.8) is 0 Å². The van der Waals surface area contributed by atoms with Crippen molar-refractivity contribution in [3.05, 3.63) is 27.7 Å². The lowest BCUT2D eigenvalue weighted by atomic mass is 10.1. The van der Waals surface area contributed by atoms with Gasteiger partial charge in [0.05, 0.1) is 27.3 Å². The molecule has 1 aliphatic rings. The van der Waals surface area contributed by atoms with Crippen molar-refractivity contribution in [3.8, 4) is 6.07 Å². The summed E-state index contributed by atoms with van der Waals surface area (Å²) in [5.41, 5.74) is -0.893. The number of nitriles is 1. The van der Waals surface area contributed by atoms with E-state index in [2.05, 4.69) is 0 Å². The quantitative estimate of drug-likeness (QED) is 0.882. The normalized spacial score (nSPS) is 16.2. The van der Waals surface area contributed by atoms with Gasteiger partial charge in [-0.15, -0.1) is 0 Å². The summed E-state index contributed by atoms with van der Waals surface area (Å²) < 4.78 is 24.9. The number of sulfone groups is 1. The van der Waals surface area contributed by atoms with Crippen LogP contribution in [0.5, 0.6) is 0 Å². The summed E-state index contributed by atoms with van der Waals surface area (Å²) in [5.74, 6) is -1.58. The first kappa shape index (κ1) is 16.1. The van der Waals surface area contributed by atoms with Gasteiger partial charge in [-0.2, -0.15) is 5.26 Å². The maximum absolute atomic E-state index is 12.5. The van der Waals surface area contributed by atoms with Crippen molar-refractivity contribution in [1.82, 2.24) is 0 Å². The predicted molar refractivity (Wildman–Crippen MR) is 77.4 cm³/mol. The minimum Gasteiger partial charge on any atom is -0.478 e. The Balaban J connectivity index is 2.46. The average molecular weight is 348 g/mol. The maximum atomic E-state index is 12.5. The molecule has 1 aromatic rings. The van der Waals surface area contributed by atoms with Crippen molar-refractivity contribution in [2.75, 3.05) is 5.75 Å². The summed E-state index contributed by atoms with van der Waals surface area (Å²) in [4.78, 5) is 10.8. The highest BCUT2D eigenvalue weighted by Gasteiger charge is 2.46. The van der Waals surface area contributed by atoms with Gasteiger partial charge in [0.25, 0.3) is 0 Å². The number of halogens is 2. The van der Waals surface area contributed by atoms with Gasteiger partial charge >= 0.3 is 5.97 Å².